The Hall–Kier alpha value is -3.59. The first-order chi connectivity index (χ1) is 21.3. The first kappa shape index (κ1) is 31.8. The van der Waals surface area contributed by atoms with Crippen LogP contribution in [-0.2, 0) is 33.9 Å². The van der Waals surface area contributed by atoms with E-state index in [1.807, 2.05) is 72.5 Å². The van der Waals surface area contributed by atoms with Crippen LogP contribution in [0.5, 0.6) is 5.75 Å². The third kappa shape index (κ3) is 8.31. The molecule has 1 atom stereocenters. The van der Waals surface area contributed by atoms with Crippen LogP contribution in [-0.4, -0.2) is 54.4 Å². The number of aryl methyl sites for hydroxylation is 1. The van der Waals surface area contributed by atoms with Gasteiger partial charge >= 0.3 is 0 Å². The fourth-order valence-electron chi connectivity index (χ4n) is 5.37. The van der Waals surface area contributed by atoms with Gasteiger partial charge in [-0.1, -0.05) is 60.5 Å². The van der Waals surface area contributed by atoms with Crippen molar-refractivity contribution in [3.63, 3.8) is 0 Å². The molecule has 3 aromatic carbocycles. The number of ether oxygens (including phenoxy) is 1. The van der Waals surface area contributed by atoms with Gasteiger partial charge in [-0.25, -0.2) is 0 Å². The molecule has 3 amide bonds. The van der Waals surface area contributed by atoms with Crippen LogP contribution >= 0.6 is 23.2 Å². The number of benzene rings is 3. The van der Waals surface area contributed by atoms with E-state index in [0.29, 0.717) is 48.4 Å². The number of amides is 3. The fraction of sp³-hybridized carbons (Fsp3) is 0.382. The maximum Gasteiger partial charge on any atom is 0.247 e. The fourth-order valence-corrected chi connectivity index (χ4v) is 5.72. The largest absolute Gasteiger partial charge is 0.494 e. The molecule has 44 heavy (non-hydrogen) atoms. The van der Waals surface area contributed by atoms with Crippen molar-refractivity contribution in [3.05, 3.63) is 93.5 Å². The lowest BCUT2D eigenvalue weighted by Crippen LogP contribution is -2.61. The minimum Gasteiger partial charge on any atom is -0.494 e. The van der Waals surface area contributed by atoms with E-state index in [1.165, 1.54) is 0 Å². The van der Waals surface area contributed by atoms with Gasteiger partial charge in [0.15, 0.2) is 0 Å². The van der Waals surface area contributed by atoms with Gasteiger partial charge in [-0.05, 0) is 78.8 Å². The number of anilines is 1. The van der Waals surface area contributed by atoms with Crippen molar-refractivity contribution in [1.82, 2.24) is 15.5 Å². The van der Waals surface area contributed by atoms with Crippen molar-refractivity contribution in [2.45, 2.75) is 64.2 Å². The van der Waals surface area contributed by atoms with Crippen LogP contribution in [0.1, 0.15) is 49.3 Å². The summed E-state index contributed by atoms with van der Waals surface area (Å²) in [5, 5.41) is 7.23. The van der Waals surface area contributed by atoms with Crippen LogP contribution < -0.4 is 20.3 Å². The zero-order valence-corrected chi connectivity index (χ0v) is 26.4. The summed E-state index contributed by atoms with van der Waals surface area (Å²) < 4.78 is 5.80. The molecule has 8 nitrogen and oxygen atoms in total. The second kappa shape index (κ2) is 14.9. The Morgan fingerprint density at radius 1 is 1.05 bits per heavy atom. The van der Waals surface area contributed by atoms with Crippen LogP contribution in [0.15, 0.2) is 66.7 Å². The standard InChI is InChI=1S/C34H38Cl2N4O4/c1-2-32(41)38-19-24-10-15-30(36)25(17-24)22-39(27-13-14-27)34(43)31-20-37-21-33(42)40(31)28-11-8-23(9-12-28)5-4-16-44-29-7-3-6-26(35)18-29/h3,6-12,15,17-18,27,31,37H,2,4-5,13-14,16,19-22H2,1H3,(H,38,41)/t31-/m1/s1. The van der Waals surface area contributed by atoms with Crippen molar-refractivity contribution >= 4 is 46.6 Å². The highest BCUT2D eigenvalue weighted by Crippen LogP contribution is 2.32. The first-order valence-electron chi connectivity index (χ1n) is 15.2. The molecule has 1 aliphatic carbocycles. The van der Waals surface area contributed by atoms with E-state index in [1.54, 1.807) is 11.0 Å². The summed E-state index contributed by atoms with van der Waals surface area (Å²) in [6.45, 7) is 3.65. The molecule has 1 heterocycles. The maximum atomic E-state index is 14.1. The molecule has 0 aromatic heterocycles. The predicted molar refractivity (Wildman–Crippen MR) is 173 cm³/mol. The third-order valence-corrected chi connectivity index (χ3v) is 8.50. The Bertz CT molecular complexity index is 1480. The molecule has 0 unspecified atom stereocenters. The number of hydrogen-bond donors (Lipinski definition) is 2. The van der Waals surface area contributed by atoms with Crippen LogP contribution in [0, 0.1) is 0 Å². The van der Waals surface area contributed by atoms with E-state index < -0.39 is 6.04 Å². The number of nitrogens with one attached hydrogen (secondary N) is 2. The van der Waals surface area contributed by atoms with E-state index in [9.17, 15) is 14.4 Å². The van der Waals surface area contributed by atoms with E-state index in [2.05, 4.69) is 10.6 Å². The number of rotatable bonds is 13. The van der Waals surface area contributed by atoms with Gasteiger partial charge in [0.2, 0.25) is 17.7 Å². The Balaban J connectivity index is 1.25. The molecule has 0 spiro atoms. The van der Waals surface area contributed by atoms with Gasteiger partial charge in [-0.2, -0.15) is 0 Å². The van der Waals surface area contributed by atoms with Gasteiger partial charge in [-0.3, -0.25) is 19.3 Å². The molecule has 10 heteroatoms. The summed E-state index contributed by atoms with van der Waals surface area (Å²) in [6, 6.07) is 20.3. The molecule has 2 fully saturated rings. The second-order valence-electron chi connectivity index (χ2n) is 11.2. The summed E-state index contributed by atoms with van der Waals surface area (Å²) in [5.41, 5.74) is 3.57. The van der Waals surface area contributed by atoms with Crippen molar-refractivity contribution in [2.75, 3.05) is 24.6 Å². The molecule has 0 radical (unpaired) electrons. The van der Waals surface area contributed by atoms with Gasteiger partial charge < -0.3 is 20.3 Å². The Kier molecular flexibility index (Phi) is 10.8. The predicted octanol–water partition coefficient (Wildman–Crippen LogP) is 5.53. The van der Waals surface area contributed by atoms with Gasteiger partial charge in [0.05, 0.1) is 13.2 Å². The summed E-state index contributed by atoms with van der Waals surface area (Å²) in [4.78, 5) is 42.6. The normalized spacial score (nSPS) is 16.5. The molecule has 5 rings (SSSR count). The number of halogens is 2. The first-order valence-corrected chi connectivity index (χ1v) is 15.9. The van der Waals surface area contributed by atoms with Crippen LogP contribution in [0.4, 0.5) is 5.69 Å². The number of hydrogen-bond acceptors (Lipinski definition) is 5. The summed E-state index contributed by atoms with van der Waals surface area (Å²) in [5.74, 6) is 0.480. The molecule has 2 aliphatic rings. The topological polar surface area (TPSA) is 91.0 Å². The van der Waals surface area contributed by atoms with E-state index in [4.69, 9.17) is 27.9 Å². The van der Waals surface area contributed by atoms with Gasteiger partial charge in [-0.15, -0.1) is 0 Å². The maximum absolute atomic E-state index is 14.1. The zero-order chi connectivity index (χ0) is 31.1. The molecular weight excluding hydrogens is 599 g/mol. The SMILES string of the molecule is CCC(=O)NCc1ccc(Cl)c(CN(C(=O)[C@H]2CNCC(=O)N2c2ccc(CCCOc3cccc(Cl)c3)cc2)C2CC2)c1. The minimum absolute atomic E-state index is 0.0262. The smallest absolute Gasteiger partial charge is 0.247 e. The van der Waals surface area contributed by atoms with Crippen molar-refractivity contribution in [1.29, 1.82) is 0 Å². The Labute approximate surface area is 268 Å². The van der Waals surface area contributed by atoms with Gasteiger partial charge in [0.1, 0.15) is 11.8 Å². The Morgan fingerprint density at radius 3 is 2.55 bits per heavy atom. The van der Waals surface area contributed by atoms with E-state index in [-0.39, 0.29) is 30.3 Å². The second-order valence-corrected chi connectivity index (χ2v) is 12.1. The number of carbonyl (C=O) groups excluding carboxylic acids is 3. The zero-order valence-electron chi connectivity index (χ0n) is 24.9. The molecular formula is C34H38Cl2N4O4. The minimum atomic E-state index is -0.667. The Morgan fingerprint density at radius 2 is 1.82 bits per heavy atom. The van der Waals surface area contributed by atoms with Crippen molar-refractivity contribution in [3.8, 4) is 5.75 Å². The summed E-state index contributed by atoms with van der Waals surface area (Å²) in [7, 11) is 0. The average Bonchev–Trinajstić information content (AvgIpc) is 3.87. The lowest BCUT2D eigenvalue weighted by atomic mass is 10.1. The number of piperazine rings is 1. The molecule has 2 N–H and O–H groups in total. The third-order valence-electron chi connectivity index (χ3n) is 7.90. The molecule has 1 saturated carbocycles. The van der Waals surface area contributed by atoms with Crippen LogP contribution in [0.3, 0.4) is 0 Å². The number of carbonyl (C=O) groups is 3. The van der Waals surface area contributed by atoms with E-state index in [0.717, 1.165) is 48.1 Å². The lowest BCUT2D eigenvalue weighted by Gasteiger charge is -2.38. The molecule has 0 bridgehead atoms. The van der Waals surface area contributed by atoms with Gasteiger partial charge in [0.25, 0.3) is 0 Å². The average molecular weight is 638 g/mol. The highest BCUT2D eigenvalue weighted by Gasteiger charge is 2.41. The van der Waals surface area contributed by atoms with Crippen LogP contribution in [0.2, 0.25) is 10.0 Å². The highest BCUT2D eigenvalue weighted by molar-refractivity contribution is 6.31. The number of nitrogens with zero attached hydrogens (tertiary/aromatic N) is 2. The molecule has 3 aromatic rings. The monoisotopic (exact) mass is 636 g/mol. The van der Waals surface area contributed by atoms with E-state index >= 15 is 0 Å². The van der Waals surface area contributed by atoms with Gasteiger partial charge in [0, 0.05) is 47.8 Å². The van der Waals surface area contributed by atoms with Crippen molar-refractivity contribution < 1.29 is 19.1 Å². The molecule has 232 valence electrons. The molecule has 1 saturated heterocycles. The quantitative estimate of drug-likeness (QED) is 0.241. The molecule has 1 aliphatic heterocycles. The van der Waals surface area contributed by atoms with Crippen molar-refractivity contribution in [2.24, 2.45) is 0 Å². The van der Waals surface area contributed by atoms with Crippen LogP contribution in [0.25, 0.3) is 0 Å². The summed E-state index contributed by atoms with van der Waals surface area (Å²) >= 11 is 12.6. The highest BCUT2D eigenvalue weighted by atomic mass is 35.5. The lowest BCUT2D eigenvalue weighted by molar-refractivity contribution is -0.136. The summed E-state index contributed by atoms with van der Waals surface area (Å²) in [6.07, 6.45) is 3.89.